The second kappa shape index (κ2) is 6.95. The zero-order valence-electron chi connectivity index (χ0n) is 9.95. The minimum Gasteiger partial charge on any atom is -0.481 e. The molecule has 1 rings (SSSR count). The van der Waals surface area contributed by atoms with Crippen LogP contribution in [0.25, 0.3) is 0 Å². The molecule has 2 N–H and O–H groups in total. The number of carboxylic acids is 1. The van der Waals surface area contributed by atoms with E-state index >= 15 is 0 Å². The van der Waals surface area contributed by atoms with Crippen LogP contribution in [0.3, 0.4) is 0 Å². The van der Waals surface area contributed by atoms with Crippen molar-refractivity contribution in [1.82, 2.24) is 5.32 Å². The van der Waals surface area contributed by atoms with Crippen LogP contribution in [0.15, 0.2) is 0 Å². The fourth-order valence-corrected chi connectivity index (χ4v) is 2.27. The lowest BCUT2D eigenvalue weighted by atomic mass is 9.78. The van der Waals surface area contributed by atoms with Gasteiger partial charge < -0.3 is 10.4 Å². The van der Waals surface area contributed by atoms with E-state index in [1.54, 1.807) is 0 Å². The summed E-state index contributed by atoms with van der Waals surface area (Å²) in [4.78, 5) is 22.9. The van der Waals surface area contributed by atoms with Crippen molar-refractivity contribution in [2.45, 2.75) is 38.5 Å². The van der Waals surface area contributed by atoms with Gasteiger partial charge in [-0.05, 0) is 19.3 Å². The van der Waals surface area contributed by atoms with Gasteiger partial charge >= 0.3 is 5.97 Å². The van der Waals surface area contributed by atoms with E-state index in [-0.39, 0.29) is 11.8 Å². The summed E-state index contributed by atoms with van der Waals surface area (Å²) in [5, 5.41) is 11.8. The Bertz CT molecular complexity index is 319. The molecule has 0 saturated heterocycles. The second-order valence-electron chi connectivity index (χ2n) is 4.43. The molecule has 94 valence electrons. The largest absolute Gasteiger partial charge is 0.481 e. The predicted molar refractivity (Wildman–Crippen MR) is 64.2 cm³/mol. The van der Waals surface area contributed by atoms with Crippen LogP contribution in [0.4, 0.5) is 0 Å². The van der Waals surface area contributed by atoms with E-state index in [4.69, 9.17) is 11.5 Å². The Balaban J connectivity index is 2.42. The van der Waals surface area contributed by atoms with Gasteiger partial charge in [0.15, 0.2) is 0 Å². The van der Waals surface area contributed by atoms with Crippen LogP contribution in [0.1, 0.15) is 38.5 Å². The normalized spacial score (nSPS) is 23.7. The average Bonchev–Trinajstić information content (AvgIpc) is 2.34. The highest BCUT2D eigenvalue weighted by Gasteiger charge is 2.35. The zero-order valence-corrected chi connectivity index (χ0v) is 9.95. The molecule has 0 unspecified atom stereocenters. The van der Waals surface area contributed by atoms with Crippen molar-refractivity contribution in [3.05, 3.63) is 0 Å². The van der Waals surface area contributed by atoms with Crippen LogP contribution in [0.5, 0.6) is 0 Å². The third kappa shape index (κ3) is 4.10. The van der Waals surface area contributed by atoms with E-state index in [0.717, 1.165) is 19.3 Å². The summed E-state index contributed by atoms with van der Waals surface area (Å²) in [6.07, 6.45) is 9.61. The molecular weight excluding hydrogens is 218 g/mol. The molecule has 1 aliphatic rings. The highest BCUT2D eigenvalue weighted by atomic mass is 16.4. The van der Waals surface area contributed by atoms with Crippen molar-refractivity contribution in [3.8, 4) is 12.3 Å². The maximum absolute atomic E-state index is 11.9. The van der Waals surface area contributed by atoms with Gasteiger partial charge in [-0.1, -0.05) is 12.8 Å². The third-order valence-electron chi connectivity index (χ3n) is 3.22. The van der Waals surface area contributed by atoms with Crippen molar-refractivity contribution >= 4 is 11.9 Å². The van der Waals surface area contributed by atoms with E-state index < -0.39 is 11.9 Å². The molecule has 0 aromatic heterocycles. The number of carbonyl (C=O) groups excluding carboxylic acids is 1. The lowest BCUT2D eigenvalue weighted by molar-refractivity contribution is -0.148. The molecule has 0 aromatic rings. The fourth-order valence-electron chi connectivity index (χ4n) is 2.27. The Morgan fingerprint density at radius 3 is 2.53 bits per heavy atom. The molecule has 4 heteroatoms. The molecule has 0 aromatic carbocycles. The van der Waals surface area contributed by atoms with Gasteiger partial charge in [0.1, 0.15) is 0 Å². The standard InChI is InChI=1S/C13H19NO3/c1-2-3-6-9-14-12(15)10-7-4-5-8-11(10)13(16)17/h1,10-11H,3-9H2,(H,14,15)(H,16,17)/t10-,11+/m1/s1. The molecule has 1 saturated carbocycles. The van der Waals surface area contributed by atoms with Crippen molar-refractivity contribution < 1.29 is 14.7 Å². The van der Waals surface area contributed by atoms with Gasteiger partial charge in [0.25, 0.3) is 0 Å². The van der Waals surface area contributed by atoms with Gasteiger partial charge in [-0.25, -0.2) is 0 Å². The number of hydrogen-bond donors (Lipinski definition) is 2. The highest BCUT2D eigenvalue weighted by Crippen LogP contribution is 2.30. The predicted octanol–water partition coefficient (Wildman–Crippen LogP) is 1.41. The molecule has 0 bridgehead atoms. The van der Waals surface area contributed by atoms with E-state index in [2.05, 4.69) is 11.2 Å². The van der Waals surface area contributed by atoms with Crippen molar-refractivity contribution in [1.29, 1.82) is 0 Å². The maximum Gasteiger partial charge on any atom is 0.307 e. The zero-order chi connectivity index (χ0) is 12.7. The van der Waals surface area contributed by atoms with Crippen molar-refractivity contribution in [3.63, 3.8) is 0 Å². The first-order chi connectivity index (χ1) is 8.16. The maximum atomic E-state index is 11.9. The van der Waals surface area contributed by atoms with E-state index in [1.165, 1.54) is 0 Å². The van der Waals surface area contributed by atoms with E-state index in [9.17, 15) is 9.59 Å². The van der Waals surface area contributed by atoms with Gasteiger partial charge in [-0.3, -0.25) is 9.59 Å². The topological polar surface area (TPSA) is 66.4 Å². The molecule has 0 aliphatic heterocycles. The summed E-state index contributed by atoms with van der Waals surface area (Å²) in [5.41, 5.74) is 0. The average molecular weight is 237 g/mol. The van der Waals surface area contributed by atoms with E-state index in [0.29, 0.717) is 25.8 Å². The number of amides is 1. The quantitative estimate of drug-likeness (QED) is 0.561. The summed E-state index contributed by atoms with van der Waals surface area (Å²) in [7, 11) is 0. The Morgan fingerprint density at radius 2 is 1.94 bits per heavy atom. The van der Waals surface area contributed by atoms with Crippen molar-refractivity contribution in [2.75, 3.05) is 6.54 Å². The van der Waals surface area contributed by atoms with Crippen LogP contribution in [-0.4, -0.2) is 23.5 Å². The van der Waals surface area contributed by atoms with Crippen LogP contribution in [0, 0.1) is 24.2 Å². The Kier molecular flexibility index (Phi) is 5.55. The molecule has 1 amide bonds. The van der Waals surface area contributed by atoms with Crippen LogP contribution in [-0.2, 0) is 9.59 Å². The number of rotatable bonds is 5. The van der Waals surface area contributed by atoms with Gasteiger partial charge in [-0.2, -0.15) is 0 Å². The van der Waals surface area contributed by atoms with Gasteiger partial charge in [0.05, 0.1) is 11.8 Å². The Labute approximate surface area is 102 Å². The number of nitrogens with one attached hydrogen (secondary N) is 1. The van der Waals surface area contributed by atoms with Crippen LogP contribution in [0.2, 0.25) is 0 Å². The molecule has 1 aliphatic carbocycles. The number of unbranched alkanes of at least 4 members (excludes halogenated alkanes) is 1. The Morgan fingerprint density at radius 1 is 1.29 bits per heavy atom. The summed E-state index contributed by atoms with van der Waals surface area (Å²) in [5.74, 6) is 0.633. The number of carbonyl (C=O) groups is 2. The first-order valence-electron chi connectivity index (χ1n) is 6.10. The van der Waals surface area contributed by atoms with Gasteiger partial charge in [-0.15, -0.1) is 12.3 Å². The number of terminal acetylenes is 1. The Hall–Kier alpha value is -1.50. The molecule has 0 spiro atoms. The lowest BCUT2D eigenvalue weighted by Crippen LogP contribution is -2.40. The number of hydrogen-bond acceptors (Lipinski definition) is 2. The number of aliphatic carboxylic acids is 1. The highest BCUT2D eigenvalue weighted by molar-refractivity contribution is 5.84. The lowest BCUT2D eigenvalue weighted by Gasteiger charge is -2.27. The number of carboxylic acid groups (broad SMARTS) is 1. The molecule has 0 radical (unpaired) electrons. The van der Waals surface area contributed by atoms with Gasteiger partial charge in [0, 0.05) is 13.0 Å². The molecule has 17 heavy (non-hydrogen) atoms. The molecule has 4 nitrogen and oxygen atoms in total. The molecular formula is C13H19NO3. The summed E-state index contributed by atoms with van der Waals surface area (Å²) >= 11 is 0. The minimum atomic E-state index is -0.853. The smallest absolute Gasteiger partial charge is 0.307 e. The van der Waals surface area contributed by atoms with Crippen LogP contribution < -0.4 is 5.32 Å². The van der Waals surface area contributed by atoms with Crippen LogP contribution >= 0.6 is 0 Å². The summed E-state index contributed by atoms with van der Waals surface area (Å²) in [6, 6.07) is 0. The molecule has 1 fully saturated rings. The van der Waals surface area contributed by atoms with Crippen molar-refractivity contribution in [2.24, 2.45) is 11.8 Å². The first-order valence-corrected chi connectivity index (χ1v) is 6.10. The summed E-state index contributed by atoms with van der Waals surface area (Å²) in [6.45, 7) is 0.534. The second-order valence-corrected chi connectivity index (χ2v) is 4.43. The summed E-state index contributed by atoms with van der Waals surface area (Å²) < 4.78 is 0. The monoisotopic (exact) mass is 237 g/mol. The third-order valence-corrected chi connectivity index (χ3v) is 3.22. The molecule has 0 heterocycles. The first kappa shape index (κ1) is 13.6. The van der Waals surface area contributed by atoms with Gasteiger partial charge in [0.2, 0.25) is 5.91 Å². The minimum absolute atomic E-state index is 0.130. The fraction of sp³-hybridized carbons (Fsp3) is 0.692. The van der Waals surface area contributed by atoms with E-state index in [1.807, 2.05) is 0 Å². The molecule has 2 atom stereocenters. The SMILES string of the molecule is C#CCCCNC(=O)[C@@H]1CCCC[C@@H]1C(=O)O.